The highest BCUT2D eigenvalue weighted by Gasteiger charge is 2.40. The number of sulfonamides is 1. The molecule has 6 heteroatoms. The van der Waals surface area contributed by atoms with Crippen LogP contribution in [0.3, 0.4) is 0 Å². The Morgan fingerprint density at radius 1 is 1.12 bits per heavy atom. The third kappa shape index (κ3) is 3.82. The average molecular weight is 457 g/mol. The van der Waals surface area contributed by atoms with Crippen LogP contribution in [0.15, 0.2) is 59.5 Å². The minimum absolute atomic E-state index is 0.0196. The molecule has 1 heterocycles. The summed E-state index contributed by atoms with van der Waals surface area (Å²) in [6.45, 7) is 2.46. The smallest absolute Gasteiger partial charge is 0.240 e. The van der Waals surface area contributed by atoms with Crippen molar-refractivity contribution in [3.8, 4) is 0 Å². The second-order valence-electron chi connectivity index (χ2n) is 6.00. The first-order chi connectivity index (χ1) is 11.5. The molecule has 0 aromatic heterocycles. The van der Waals surface area contributed by atoms with Crippen molar-refractivity contribution in [3.63, 3.8) is 0 Å². The number of hydrogen-bond acceptors (Lipinski definition) is 3. The fourth-order valence-corrected chi connectivity index (χ4v) is 5.07. The highest BCUT2D eigenvalue weighted by atomic mass is 127. The van der Waals surface area contributed by atoms with Gasteiger partial charge in [-0.3, -0.25) is 0 Å². The molecule has 2 aromatic rings. The van der Waals surface area contributed by atoms with Gasteiger partial charge in [-0.2, -0.15) is 0 Å². The summed E-state index contributed by atoms with van der Waals surface area (Å²) in [4.78, 5) is 0.291. The van der Waals surface area contributed by atoms with Gasteiger partial charge in [-0.15, -0.1) is 0 Å². The highest BCUT2D eigenvalue weighted by molar-refractivity contribution is 14.1. The van der Waals surface area contributed by atoms with E-state index >= 15 is 0 Å². The molecule has 0 aliphatic carbocycles. The standard InChI is InChI=1S/C18H20INO3S/c1-13-7-9-15(10-8-13)24(21,22)20-18-16(12-23-17(18)11-19)14-5-3-2-4-6-14/h2-10,16-18,20H,11-12H2,1H3/t16-,17+,18+/m0/s1. The summed E-state index contributed by atoms with van der Waals surface area (Å²) >= 11 is 2.24. The SMILES string of the molecule is Cc1ccc(S(=O)(=O)N[C@H]2[C@@H](CI)OC[C@H]2c2ccccc2)cc1. The average Bonchev–Trinajstić information content (AvgIpc) is 2.98. The fraction of sp³-hybridized carbons (Fsp3) is 0.333. The topological polar surface area (TPSA) is 55.4 Å². The van der Waals surface area contributed by atoms with Gasteiger partial charge in [-0.05, 0) is 24.6 Å². The monoisotopic (exact) mass is 457 g/mol. The number of rotatable bonds is 5. The van der Waals surface area contributed by atoms with Gasteiger partial charge in [0, 0.05) is 10.3 Å². The summed E-state index contributed by atoms with van der Waals surface area (Å²) < 4.78 is 35.0. The van der Waals surface area contributed by atoms with Crippen molar-refractivity contribution in [3.05, 3.63) is 65.7 Å². The number of aryl methyl sites for hydroxylation is 1. The third-order valence-electron chi connectivity index (χ3n) is 4.33. The van der Waals surface area contributed by atoms with Gasteiger partial charge in [0.1, 0.15) is 0 Å². The molecule has 0 unspecified atom stereocenters. The molecule has 1 aliphatic rings. The van der Waals surface area contributed by atoms with Crippen LogP contribution >= 0.6 is 22.6 Å². The Bertz CT molecular complexity index is 778. The predicted molar refractivity (Wildman–Crippen MR) is 103 cm³/mol. The van der Waals surface area contributed by atoms with E-state index in [0.717, 1.165) is 15.6 Å². The van der Waals surface area contributed by atoms with E-state index < -0.39 is 10.0 Å². The molecule has 1 fully saturated rings. The molecule has 2 aromatic carbocycles. The third-order valence-corrected chi connectivity index (χ3v) is 6.67. The molecule has 3 atom stereocenters. The molecule has 24 heavy (non-hydrogen) atoms. The van der Waals surface area contributed by atoms with Crippen LogP contribution in [-0.4, -0.2) is 31.6 Å². The van der Waals surface area contributed by atoms with Gasteiger partial charge in [-0.25, -0.2) is 13.1 Å². The molecular formula is C18H20INO3S. The van der Waals surface area contributed by atoms with E-state index in [0.29, 0.717) is 11.5 Å². The molecule has 1 aliphatic heterocycles. The van der Waals surface area contributed by atoms with Crippen molar-refractivity contribution in [2.24, 2.45) is 0 Å². The largest absolute Gasteiger partial charge is 0.375 e. The number of alkyl halides is 1. The Balaban J connectivity index is 1.88. The maximum Gasteiger partial charge on any atom is 0.240 e. The Morgan fingerprint density at radius 3 is 2.42 bits per heavy atom. The molecular weight excluding hydrogens is 437 g/mol. The zero-order valence-corrected chi connectivity index (χ0v) is 16.3. The quantitative estimate of drug-likeness (QED) is 0.554. The van der Waals surface area contributed by atoms with Crippen molar-refractivity contribution in [2.75, 3.05) is 11.0 Å². The molecule has 128 valence electrons. The lowest BCUT2D eigenvalue weighted by Crippen LogP contribution is -2.44. The zero-order valence-electron chi connectivity index (χ0n) is 13.4. The van der Waals surface area contributed by atoms with E-state index in [4.69, 9.17) is 4.74 Å². The lowest BCUT2D eigenvalue weighted by molar-refractivity contribution is 0.121. The Morgan fingerprint density at radius 2 is 1.79 bits per heavy atom. The summed E-state index contributed by atoms with van der Waals surface area (Å²) in [5.74, 6) is 0.0196. The molecule has 4 nitrogen and oxygen atoms in total. The van der Waals surface area contributed by atoms with Crippen molar-refractivity contribution in [2.45, 2.75) is 29.9 Å². The summed E-state index contributed by atoms with van der Waals surface area (Å²) in [6.07, 6.45) is -0.129. The van der Waals surface area contributed by atoms with Gasteiger partial charge in [-0.1, -0.05) is 70.6 Å². The van der Waals surface area contributed by atoms with Crippen LogP contribution in [0.4, 0.5) is 0 Å². The van der Waals surface area contributed by atoms with Crippen molar-refractivity contribution in [1.82, 2.24) is 4.72 Å². The van der Waals surface area contributed by atoms with E-state index in [1.54, 1.807) is 12.1 Å². The normalized spacial score (nSPS) is 24.2. The molecule has 0 saturated carbocycles. The zero-order chi connectivity index (χ0) is 17.2. The Kier molecular flexibility index (Phi) is 5.59. The maximum absolute atomic E-state index is 12.8. The van der Waals surface area contributed by atoms with Crippen LogP contribution in [0, 0.1) is 6.92 Å². The van der Waals surface area contributed by atoms with Crippen molar-refractivity contribution < 1.29 is 13.2 Å². The molecule has 0 bridgehead atoms. The predicted octanol–water partition coefficient (Wildman–Crippen LogP) is 3.26. The molecule has 1 saturated heterocycles. The van der Waals surface area contributed by atoms with Gasteiger partial charge >= 0.3 is 0 Å². The van der Waals surface area contributed by atoms with Crippen LogP contribution in [0.25, 0.3) is 0 Å². The van der Waals surface area contributed by atoms with Gasteiger partial charge in [0.25, 0.3) is 0 Å². The van der Waals surface area contributed by atoms with Crippen LogP contribution in [0.1, 0.15) is 17.0 Å². The minimum atomic E-state index is -3.58. The number of benzene rings is 2. The first kappa shape index (κ1) is 17.8. The number of ether oxygens (including phenoxy) is 1. The van der Waals surface area contributed by atoms with E-state index in [1.807, 2.05) is 49.4 Å². The molecule has 3 rings (SSSR count). The van der Waals surface area contributed by atoms with E-state index in [9.17, 15) is 8.42 Å². The fourth-order valence-electron chi connectivity index (χ4n) is 2.96. The van der Waals surface area contributed by atoms with Crippen molar-refractivity contribution >= 4 is 32.6 Å². The number of hydrogen-bond donors (Lipinski definition) is 1. The lowest BCUT2D eigenvalue weighted by Gasteiger charge is -2.23. The second kappa shape index (κ2) is 7.51. The van der Waals surface area contributed by atoms with E-state index in [1.165, 1.54) is 0 Å². The summed E-state index contributed by atoms with van der Waals surface area (Å²) in [5.41, 5.74) is 2.13. The summed E-state index contributed by atoms with van der Waals surface area (Å²) in [5, 5.41) is 0. The molecule has 1 N–H and O–H groups in total. The first-order valence-electron chi connectivity index (χ1n) is 7.83. The van der Waals surface area contributed by atoms with Crippen LogP contribution < -0.4 is 4.72 Å². The Hall–Kier alpha value is -0.960. The van der Waals surface area contributed by atoms with Gasteiger partial charge in [0.05, 0.1) is 23.6 Å². The molecule has 0 spiro atoms. The van der Waals surface area contributed by atoms with E-state index in [2.05, 4.69) is 27.3 Å². The molecule has 0 radical (unpaired) electrons. The van der Waals surface area contributed by atoms with Gasteiger partial charge in [0.2, 0.25) is 10.0 Å². The minimum Gasteiger partial charge on any atom is -0.375 e. The van der Waals surface area contributed by atoms with Crippen LogP contribution in [0.2, 0.25) is 0 Å². The van der Waals surface area contributed by atoms with Crippen molar-refractivity contribution in [1.29, 1.82) is 0 Å². The number of halogens is 1. The van der Waals surface area contributed by atoms with Crippen LogP contribution in [-0.2, 0) is 14.8 Å². The summed E-state index contributed by atoms with van der Waals surface area (Å²) in [7, 11) is -3.58. The van der Waals surface area contributed by atoms with Crippen LogP contribution in [0.5, 0.6) is 0 Å². The highest BCUT2D eigenvalue weighted by Crippen LogP contribution is 2.32. The Labute approximate surface area is 156 Å². The van der Waals surface area contributed by atoms with Gasteiger partial charge < -0.3 is 4.74 Å². The van der Waals surface area contributed by atoms with Gasteiger partial charge in [0.15, 0.2) is 0 Å². The lowest BCUT2D eigenvalue weighted by atomic mass is 9.92. The van der Waals surface area contributed by atoms with E-state index in [-0.39, 0.29) is 18.1 Å². The molecule has 0 amide bonds. The first-order valence-corrected chi connectivity index (χ1v) is 10.8. The number of nitrogens with one attached hydrogen (secondary N) is 1. The maximum atomic E-state index is 12.8. The second-order valence-corrected chi connectivity index (χ2v) is 8.60. The summed E-state index contributed by atoms with van der Waals surface area (Å²) in [6, 6.07) is 16.6.